The summed E-state index contributed by atoms with van der Waals surface area (Å²) in [7, 11) is -1.63. The summed E-state index contributed by atoms with van der Waals surface area (Å²) < 4.78 is 33.7. The first-order valence-electron chi connectivity index (χ1n) is 6.13. The maximum absolute atomic E-state index is 12.1. The number of methoxy groups -OCH3 is 1. The molecule has 0 amide bonds. The minimum atomic E-state index is -3.31. The van der Waals surface area contributed by atoms with Gasteiger partial charge in [0, 0.05) is 39.3 Å². The van der Waals surface area contributed by atoms with E-state index in [2.05, 4.69) is 10.0 Å². The fourth-order valence-corrected chi connectivity index (χ4v) is 3.88. The lowest BCUT2D eigenvalue weighted by Crippen LogP contribution is -2.52. The van der Waals surface area contributed by atoms with Gasteiger partial charge in [0.15, 0.2) is 0 Å². The van der Waals surface area contributed by atoms with Gasteiger partial charge in [-0.15, -0.1) is 0 Å². The smallest absolute Gasteiger partial charge is 0.279 e. The molecule has 0 aromatic carbocycles. The van der Waals surface area contributed by atoms with Crippen molar-refractivity contribution in [2.75, 3.05) is 33.3 Å². The molecule has 0 aromatic rings. The third kappa shape index (κ3) is 3.38. The summed E-state index contributed by atoms with van der Waals surface area (Å²) in [5, 5.41) is 3.14. The minimum Gasteiger partial charge on any atom is -0.381 e. The standard InChI is InChI=1S/C10H21N3O3S/c1-16-10-3-2-9(8-10)12-17(14,15)13-6-4-11-5-7-13/h9-12H,2-8H2,1H3. The van der Waals surface area contributed by atoms with Crippen molar-refractivity contribution in [3.05, 3.63) is 0 Å². The number of nitrogens with zero attached hydrogens (tertiary/aromatic N) is 1. The number of ether oxygens (including phenoxy) is 1. The molecule has 0 spiro atoms. The first kappa shape index (κ1) is 13.2. The van der Waals surface area contributed by atoms with Crippen molar-refractivity contribution in [2.24, 2.45) is 0 Å². The summed E-state index contributed by atoms with van der Waals surface area (Å²) in [4.78, 5) is 0. The van der Waals surface area contributed by atoms with Crippen molar-refractivity contribution >= 4 is 10.2 Å². The van der Waals surface area contributed by atoms with Gasteiger partial charge in [-0.05, 0) is 19.3 Å². The van der Waals surface area contributed by atoms with Crippen molar-refractivity contribution in [1.82, 2.24) is 14.3 Å². The average Bonchev–Trinajstić information content (AvgIpc) is 2.77. The van der Waals surface area contributed by atoms with E-state index in [-0.39, 0.29) is 12.1 Å². The molecule has 2 fully saturated rings. The predicted molar refractivity (Wildman–Crippen MR) is 64.9 cm³/mol. The fourth-order valence-electron chi connectivity index (χ4n) is 2.43. The molecule has 2 unspecified atom stereocenters. The molecule has 2 N–H and O–H groups in total. The van der Waals surface area contributed by atoms with E-state index < -0.39 is 10.2 Å². The highest BCUT2D eigenvalue weighted by Crippen LogP contribution is 2.22. The fraction of sp³-hybridized carbons (Fsp3) is 1.00. The minimum absolute atomic E-state index is 0.0276. The van der Waals surface area contributed by atoms with Crippen LogP contribution in [0.5, 0.6) is 0 Å². The van der Waals surface area contributed by atoms with Crippen LogP contribution < -0.4 is 10.0 Å². The van der Waals surface area contributed by atoms with E-state index in [0.717, 1.165) is 32.4 Å². The van der Waals surface area contributed by atoms with Gasteiger partial charge in [0.25, 0.3) is 10.2 Å². The molecule has 0 aromatic heterocycles. The largest absolute Gasteiger partial charge is 0.381 e. The Hall–Kier alpha value is -0.210. The Kier molecular flexibility index (Phi) is 4.37. The molecular formula is C10H21N3O3S. The van der Waals surface area contributed by atoms with Crippen LogP contribution in [0.3, 0.4) is 0 Å². The Morgan fingerprint density at radius 1 is 1.29 bits per heavy atom. The molecule has 0 bridgehead atoms. The highest BCUT2D eigenvalue weighted by atomic mass is 32.2. The van der Waals surface area contributed by atoms with Gasteiger partial charge in [0.1, 0.15) is 0 Å². The molecule has 2 aliphatic rings. The highest BCUT2D eigenvalue weighted by Gasteiger charge is 2.31. The van der Waals surface area contributed by atoms with Gasteiger partial charge in [-0.25, -0.2) is 0 Å². The third-order valence-electron chi connectivity index (χ3n) is 3.45. The van der Waals surface area contributed by atoms with Crippen LogP contribution in [0.4, 0.5) is 0 Å². The Morgan fingerprint density at radius 2 is 2.00 bits per heavy atom. The van der Waals surface area contributed by atoms with Gasteiger partial charge in [-0.1, -0.05) is 0 Å². The van der Waals surface area contributed by atoms with E-state index in [4.69, 9.17) is 4.74 Å². The van der Waals surface area contributed by atoms with Crippen molar-refractivity contribution < 1.29 is 13.2 Å². The van der Waals surface area contributed by atoms with Gasteiger partial charge < -0.3 is 10.1 Å². The van der Waals surface area contributed by atoms with Gasteiger partial charge in [0.2, 0.25) is 0 Å². The topological polar surface area (TPSA) is 70.7 Å². The second kappa shape index (κ2) is 5.62. The number of rotatable bonds is 4. The van der Waals surface area contributed by atoms with Crippen molar-refractivity contribution in [3.8, 4) is 0 Å². The van der Waals surface area contributed by atoms with Gasteiger partial charge in [-0.3, -0.25) is 0 Å². The van der Waals surface area contributed by atoms with Gasteiger partial charge in [-0.2, -0.15) is 17.4 Å². The lowest BCUT2D eigenvalue weighted by Gasteiger charge is -2.28. The second-order valence-corrected chi connectivity index (χ2v) is 6.34. The summed E-state index contributed by atoms with van der Waals surface area (Å²) >= 11 is 0. The Labute approximate surface area is 103 Å². The lowest BCUT2D eigenvalue weighted by molar-refractivity contribution is 0.107. The van der Waals surface area contributed by atoms with E-state index >= 15 is 0 Å². The molecule has 17 heavy (non-hydrogen) atoms. The molecule has 2 rings (SSSR count). The Balaban J connectivity index is 1.88. The van der Waals surface area contributed by atoms with Crippen LogP contribution in [-0.4, -0.2) is 58.2 Å². The van der Waals surface area contributed by atoms with Gasteiger partial charge >= 0.3 is 0 Å². The van der Waals surface area contributed by atoms with Crippen molar-refractivity contribution in [3.63, 3.8) is 0 Å². The normalized spacial score (nSPS) is 31.8. The molecule has 7 heteroatoms. The molecule has 2 atom stereocenters. The maximum atomic E-state index is 12.1. The number of hydrogen-bond acceptors (Lipinski definition) is 4. The van der Waals surface area contributed by atoms with Crippen molar-refractivity contribution in [2.45, 2.75) is 31.4 Å². The summed E-state index contributed by atoms with van der Waals surface area (Å²) in [6, 6.07) is 0.0276. The molecule has 1 saturated carbocycles. The van der Waals surface area contributed by atoms with E-state index in [1.54, 1.807) is 7.11 Å². The second-order valence-electron chi connectivity index (χ2n) is 4.64. The summed E-state index contributed by atoms with van der Waals surface area (Å²) in [5.74, 6) is 0. The molecule has 1 heterocycles. The van der Waals surface area contributed by atoms with E-state index in [1.165, 1.54) is 4.31 Å². The zero-order valence-corrected chi connectivity index (χ0v) is 11.0. The zero-order chi connectivity index (χ0) is 12.3. The molecular weight excluding hydrogens is 242 g/mol. The van der Waals surface area contributed by atoms with Crippen LogP contribution >= 0.6 is 0 Å². The van der Waals surface area contributed by atoms with Crippen LogP contribution in [0, 0.1) is 0 Å². The molecule has 6 nitrogen and oxygen atoms in total. The maximum Gasteiger partial charge on any atom is 0.279 e. The monoisotopic (exact) mass is 263 g/mol. The average molecular weight is 263 g/mol. The Morgan fingerprint density at radius 3 is 2.59 bits per heavy atom. The number of hydrogen-bond donors (Lipinski definition) is 2. The molecule has 1 saturated heterocycles. The van der Waals surface area contributed by atoms with Crippen LogP contribution in [-0.2, 0) is 14.9 Å². The van der Waals surface area contributed by atoms with E-state index in [9.17, 15) is 8.42 Å². The van der Waals surface area contributed by atoms with Gasteiger partial charge in [0.05, 0.1) is 6.10 Å². The van der Waals surface area contributed by atoms with Crippen LogP contribution in [0.25, 0.3) is 0 Å². The molecule has 0 radical (unpaired) electrons. The molecule has 1 aliphatic carbocycles. The van der Waals surface area contributed by atoms with E-state index in [1.807, 2.05) is 0 Å². The summed E-state index contributed by atoms with van der Waals surface area (Å²) in [5.41, 5.74) is 0. The predicted octanol–water partition coefficient (Wildman–Crippen LogP) is -0.706. The Bertz CT molecular complexity index is 341. The summed E-state index contributed by atoms with van der Waals surface area (Å²) in [6.45, 7) is 2.56. The summed E-state index contributed by atoms with van der Waals surface area (Å²) in [6.07, 6.45) is 2.78. The number of piperazine rings is 1. The van der Waals surface area contributed by atoms with Crippen LogP contribution in [0.1, 0.15) is 19.3 Å². The first-order valence-corrected chi connectivity index (χ1v) is 7.57. The van der Waals surface area contributed by atoms with Crippen LogP contribution in [0.2, 0.25) is 0 Å². The first-order chi connectivity index (χ1) is 8.12. The SMILES string of the molecule is COC1CCC(NS(=O)(=O)N2CCNCC2)C1. The molecule has 100 valence electrons. The quantitative estimate of drug-likeness (QED) is 0.703. The highest BCUT2D eigenvalue weighted by molar-refractivity contribution is 7.87. The number of nitrogens with one attached hydrogen (secondary N) is 2. The van der Waals surface area contributed by atoms with Crippen LogP contribution in [0.15, 0.2) is 0 Å². The van der Waals surface area contributed by atoms with Crippen molar-refractivity contribution in [1.29, 1.82) is 0 Å². The third-order valence-corrected chi connectivity index (χ3v) is 5.13. The zero-order valence-electron chi connectivity index (χ0n) is 10.2. The lowest BCUT2D eigenvalue weighted by atomic mass is 10.3. The molecule has 1 aliphatic heterocycles. The van der Waals surface area contributed by atoms with E-state index in [0.29, 0.717) is 13.1 Å².